The summed E-state index contributed by atoms with van der Waals surface area (Å²) in [6.45, 7) is 0. The topological polar surface area (TPSA) is 91.9 Å². The van der Waals surface area contributed by atoms with Crippen LogP contribution in [-0.4, -0.2) is 30.5 Å². The first-order valence-electron chi connectivity index (χ1n) is 6.50. The van der Waals surface area contributed by atoms with Gasteiger partial charge in [0.25, 0.3) is 5.91 Å². The van der Waals surface area contributed by atoms with Gasteiger partial charge in [-0.3, -0.25) is 10.1 Å². The molecule has 0 radical (unpaired) electrons. The lowest BCUT2D eigenvalue weighted by molar-refractivity contribution is 0.102. The lowest BCUT2D eigenvalue weighted by Crippen LogP contribution is -2.13. The largest absolute Gasteiger partial charge is 0.324 e. The van der Waals surface area contributed by atoms with Crippen molar-refractivity contribution in [2.45, 2.75) is 4.90 Å². The lowest BCUT2D eigenvalue weighted by atomic mass is 10.2. The first-order valence-corrected chi connectivity index (χ1v) is 8.39. The minimum atomic E-state index is -3.36. The molecular weight excluding hydrogens is 302 g/mol. The van der Waals surface area contributed by atoms with Crippen molar-refractivity contribution in [2.24, 2.45) is 0 Å². The van der Waals surface area contributed by atoms with Crippen molar-refractivity contribution in [2.75, 3.05) is 11.6 Å². The summed E-state index contributed by atoms with van der Waals surface area (Å²) in [5.41, 5.74) is 1.80. The van der Waals surface area contributed by atoms with Crippen molar-refractivity contribution in [1.29, 1.82) is 0 Å². The molecule has 0 aliphatic rings. The van der Waals surface area contributed by atoms with Crippen LogP contribution < -0.4 is 5.32 Å². The number of rotatable bonds is 3. The first kappa shape index (κ1) is 14.3. The maximum Gasteiger partial charge on any atom is 0.258 e. The van der Waals surface area contributed by atoms with E-state index >= 15 is 0 Å². The van der Waals surface area contributed by atoms with Crippen molar-refractivity contribution in [3.8, 4) is 0 Å². The number of benzene rings is 2. The Bertz CT molecular complexity index is 928. The molecule has 112 valence electrons. The van der Waals surface area contributed by atoms with Gasteiger partial charge < -0.3 is 4.98 Å². The zero-order valence-corrected chi connectivity index (χ0v) is 12.5. The molecular formula is C15H13N3O3S. The zero-order chi connectivity index (χ0) is 15.7. The Kier molecular flexibility index (Phi) is 3.42. The number of carbonyl (C=O) groups is 1. The molecule has 1 heterocycles. The minimum Gasteiger partial charge on any atom is -0.324 e. The van der Waals surface area contributed by atoms with E-state index in [1.54, 1.807) is 6.07 Å². The number of amides is 1. The average Bonchev–Trinajstić information content (AvgIpc) is 2.88. The summed E-state index contributed by atoms with van der Waals surface area (Å²) >= 11 is 0. The van der Waals surface area contributed by atoms with E-state index in [1.807, 2.05) is 24.3 Å². The molecule has 1 aromatic heterocycles. The van der Waals surface area contributed by atoms with Gasteiger partial charge in [0.1, 0.15) is 0 Å². The second kappa shape index (κ2) is 5.27. The van der Waals surface area contributed by atoms with Crippen LogP contribution in [0.5, 0.6) is 0 Å². The molecule has 0 saturated carbocycles. The fourth-order valence-electron chi connectivity index (χ4n) is 2.06. The summed E-state index contributed by atoms with van der Waals surface area (Å²) in [4.78, 5) is 19.5. The number of carbonyl (C=O) groups excluding carboxylic acids is 1. The van der Waals surface area contributed by atoms with Crippen LogP contribution in [0.1, 0.15) is 10.4 Å². The molecule has 3 aromatic rings. The van der Waals surface area contributed by atoms with Gasteiger partial charge in [-0.15, -0.1) is 0 Å². The molecule has 0 aliphatic carbocycles. The summed E-state index contributed by atoms with van der Waals surface area (Å²) < 4.78 is 23.1. The van der Waals surface area contributed by atoms with Gasteiger partial charge in [0.15, 0.2) is 9.84 Å². The number of nitrogens with one attached hydrogen (secondary N) is 2. The third kappa shape index (κ3) is 2.84. The first-order chi connectivity index (χ1) is 10.4. The predicted octanol–water partition coefficient (Wildman–Crippen LogP) is 2.22. The van der Waals surface area contributed by atoms with Crippen molar-refractivity contribution in [3.63, 3.8) is 0 Å². The molecule has 3 rings (SSSR count). The minimum absolute atomic E-state index is 0.102. The molecule has 0 atom stereocenters. The number of para-hydroxylation sites is 2. The van der Waals surface area contributed by atoms with Crippen LogP contribution in [0.3, 0.4) is 0 Å². The summed E-state index contributed by atoms with van der Waals surface area (Å²) in [5, 5.41) is 2.63. The van der Waals surface area contributed by atoms with Gasteiger partial charge in [-0.25, -0.2) is 13.4 Å². The molecule has 1 amide bonds. The number of aromatic amines is 1. The van der Waals surface area contributed by atoms with Crippen LogP contribution in [0.2, 0.25) is 0 Å². The van der Waals surface area contributed by atoms with Gasteiger partial charge >= 0.3 is 0 Å². The summed E-state index contributed by atoms with van der Waals surface area (Å²) in [7, 11) is -3.36. The normalized spacial score (nSPS) is 11.5. The summed E-state index contributed by atoms with van der Waals surface area (Å²) in [5.74, 6) is -0.111. The van der Waals surface area contributed by atoms with Crippen LogP contribution in [-0.2, 0) is 9.84 Å². The van der Waals surface area contributed by atoms with Gasteiger partial charge in [-0.05, 0) is 30.3 Å². The van der Waals surface area contributed by atoms with E-state index in [-0.39, 0.29) is 10.5 Å². The average molecular weight is 315 g/mol. The van der Waals surface area contributed by atoms with Gasteiger partial charge in [0.2, 0.25) is 5.95 Å². The van der Waals surface area contributed by atoms with Crippen LogP contribution in [0.25, 0.3) is 11.0 Å². The quantitative estimate of drug-likeness (QED) is 0.775. The maximum atomic E-state index is 12.2. The molecule has 7 heteroatoms. The molecule has 2 N–H and O–H groups in total. The number of hydrogen-bond acceptors (Lipinski definition) is 4. The Morgan fingerprint density at radius 3 is 2.64 bits per heavy atom. The predicted molar refractivity (Wildman–Crippen MR) is 83.6 cm³/mol. The second-order valence-corrected chi connectivity index (χ2v) is 6.87. The molecule has 0 spiro atoms. The van der Waals surface area contributed by atoms with Gasteiger partial charge in [0, 0.05) is 11.8 Å². The Labute approximate surface area is 127 Å². The van der Waals surface area contributed by atoms with Gasteiger partial charge in [-0.2, -0.15) is 0 Å². The fourth-order valence-corrected chi connectivity index (χ4v) is 2.73. The highest BCUT2D eigenvalue weighted by molar-refractivity contribution is 7.90. The summed E-state index contributed by atoms with van der Waals surface area (Å²) in [6, 6.07) is 13.3. The number of fused-ring (bicyclic) bond motifs is 1. The highest BCUT2D eigenvalue weighted by Crippen LogP contribution is 2.15. The standard InChI is InChI=1S/C15H13N3O3S/c1-22(20,21)11-6-4-5-10(9-11)14(19)18-15-16-12-7-2-3-8-13(12)17-15/h2-9H,1H3,(H2,16,17,18,19). The molecule has 0 bridgehead atoms. The number of imidazole rings is 1. The molecule has 22 heavy (non-hydrogen) atoms. The molecule has 0 unspecified atom stereocenters. The second-order valence-electron chi connectivity index (χ2n) is 4.86. The third-order valence-electron chi connectivity index (χ3n) is 3.15. The third-order valence-corrected chi connectivity index (χ3v) is 4.26. The van der Waals surface area contributed by atoms with E-state index in [9.17, 15) is 13.2 Å². The summed E-state index contributed by atoms with van der Waals surface area (Å²) in [6.07, 6.45) is 1.10. The number of sulfone groups is 1. The molecule has 6 nitrogen and oxygen atoms in total. The van der Waals surface area contributed by atoms with E-state index in [0.29, 0.717) is 5.95 Å². The van der Waals surface area contributed by atoms with Crippen molar-refractivity contribution >= 4 is 32.7 Å². The Morgan fingerprint density at radius 1 is 1.14 bits per heavy atom. The van der Waals surface area contributed by atoms with E-state index in [1.165, 1.54) is 18.2 Å². The van der Waals surface area contributed by atoms with Crippen LogP contribution >= 0.6 is 0 Å². The fraction of sp³-hybridized carbons (Fsp3) is 0.0667. The van der Waals surface area contributed by atoms with E-state index in [2.05, 4.69) is 15.3 Å². The van der Waals surface area contributed by atoms with E-state index < -0.39 is 15.7 Å². The number of hydrogen-bond donors (Lipinski definition) is 2. The smallest absolute Gasteiger partial charge is 0.258 e. The monoisotopic (exact) mass is 315 g/mol. The van der Waals surface area contributed by atoms with E-state index in [0.717, 1.165) is 17.3 Å². The molecule has 0 aliphatic heterocycles. The van der Waals surface area contributed by atoms with Crippen LogP contribution in [0.15, 0.2) is 53.4 Å². The van der Waals surface area contributed by atoms with Crippen LogP contribution in [0.4, 0.5) is 5.95 Å². The highest BCUT2D eigenvalue weighted by Gasteiger charge is 2.13. The lowest BCUT2D eigenvalue weighted by Gasteiger charge is -2.04. The number of nitrogens with zero attached hydrogens (tertiary/aromatic N) is 1. The van der Waals surface area contributed by atoms with Crippen molar-refractivity contribution < 1.29 is 13.2 Å². The molecule has 0 fully saturated rings. The maximum absolute atomic E-state index is 12.2. The van der Waals surface area contributed by atoms with Crippen LogP contribution in [0, 0.1) is 0 Å². The molecule has 0 saturated heterocycles. The van der Waals surface area contributed by atoms with Gasteiger partial charge in [-0.1, -0.05) is 18.2 Å². The number of anilines is 1. The Morgan fingerprint density at radius 2 is 1.91 bits per heavy atom. The Hall–Kier alpha value is -2.67. The number of aromatic nitrogens is 2. The van der Waals surface area contributed by atoms with E-state index in [4.69, 9.17) is 0 Å². The SMILES string of the molecule is CS(=O)(=O)c1cccc(C(=O)Nc2nc3ccccc3[nH]2)c1. The Balaban J connectivity index is 1.88. The van der Waals surface area contributed by atoms with Crippen molar-refractivity contribution in [1.82, 2.24) is 9.97 Å². The number of H-pyrrole nitrogens is 1. The van der Waals surface area contributed by atoms with Crippen molar-refractivity contribution in [3.05, 3.63) is 54.1 Å². The highest BCUT2D eigenvalue weighted by atomic mass is 32.2. The van der Waals surface area contributed by atoms with Gasteiger partial charge in [0.05, 0.1) is 15.9 Å². The molecule has 2 aromatic carbocycles. The zero-order valence-electron chi connectivity index (χ0n) is 11.7.